The fraction of sp³-hybridized carbons (Fsp3) is 0.176. The highest BCUT2D eigenvalue weighted by Crippen LogP contribution is 2.18. The predicted octanol–water partition coefficient (Wildman–Crippen LogP) is 3.70. The van der Waals surface area contributed by atoms with Crippen LogP contribution in [0.2, 0.25) is 0 Å². The number of hydrogen-bond donors (Lipinski definition) is 1. The second-order valence-electron chi connectivity index (χ2n) is 4.95. The van der Waals surface area contributed by atoms with Gasteiger partial charge in [-0.25, -0.2) is 0 Å². The van der Waals surface area contributed by atoms with E-state index in [1.165, 1.54) is 11.1 Å². The molecule has 0 aliphatic heterocycles. The molecule has 3 rings (SSSR count). The largest absolute Gasteiger partial charge is 0.337 e. The fourth-order valence-corrected chi connectivity index (χ4v) is 2.16. The lowest BCUT2D eigenvalue weighted by molar-refractivity contribution is 0.432. The average Bonchev–Trinajstić information content (AvgIpc) is 2.97. The van der Waals surface area contributed by atoms with E-state index in [2.05, 4.69) is 27.6 Å². The van der Waals surface area contributed by atoms with Crippen molar-refractivity contribution in [3.63, 3.8) is 0 Å². The highest BCUT2D eigenvalue weighted by atomic mass is 16.5. The highest BCUT2D eigenvalue weighted by molar-refractivity contribution is 5.56. The summed E-state index contributed by atoms with van der Waals surface area (Å²) >= 11 is 0. The molecule has 21 heavy (non-hydrogen) atoms. The Kier molecular flexibility index (Phi) is 3.96. The molecule has 4 nitrogen and oxygen atoms in total. The molecule has 3 aromatic rings. The molecule has 106 valence electrons. The number of nitrogens with one attached hydrogen (secondary N) is 1. The van der Waals surface area contributed by atoms with E-state index in [0.29, 0.717) is 11.8 Å². The molecular formula is C17H17N3O. The van der Waals surface area contributed by atoms with Crippen LogP contribution in [0.15, 0.2) is 59.1 Å². The molecular weight excluding hydrogens is 262 g/mol. The van der Waals surface area contributed by atoms with Gasteiger partial charge in [-0.05, 0) is 25.0 Å². The minimum absolute atomic E-state index is 0.461. The molecule has 2 aromatic carbocycles. The molecule has 0 fully saturated rings. The highest BCUT2D eigenvalue weighted by Gasteiger charge is 2.07. The van der Waals surface area contributed by atoms with Crippen molar-refractivity contribution < 1.29 is 4.52 Å². The third-order valence-electron chi connectivity index (χ3n) is 3.24. The first kappa shape index (κ1) is 13.4. The molecule has 0 aliphatic rings. The second-order valence-corrected chi connectivity index (χ2v) is 4.95. The van der Waals surface area contributed by atoms with Crippen molar-refractivity contribution in [1.29, 1.82) is 0 Å². The summed E-state index contributed by atoms with van der Waals surface area (Å²) in [4.78, 5) is 4.36. The van der Waals surface area contributed by atoms with Crippen molar-refractivity contribution in [2.45, 2.75) is 13.3 Å². The summed E-state index contributed by atoms with van der Waals surface area (Å²) in [5, 5.41) is 7.16. The third kappa shape index (κ3) is 3.48. The number of hydrogen-bond acceptors (Lipinski definition) is 4. The molecule has 0 aliphatic carbocycles. The van der Waals surface area contributed by atoms with Gasteiger partial charge in [-0.2, -0.15) is 4.98 Å². The zero-order valence-electron chi connectivity index (χ0n) is 11.9. The van der Waals surface area contributed by atoms with Gasteiger partial charge >= 0.3 is 6.01 Å². The molecule has 1 N–H and O–H groups in total. The molecule has 0 spiro atoms. The first-order valence-corrected chi connectivity index (χ1v) is 7.00. The van der Waals surface area contributed by atoms with Crippen LogP contribution in [0.4, 0.5) is 6.01 Å². The molecule has 0 radical (unpaired) electrons. The van der Waals surface area contributed by atoms with Gasteiger partial charge < -0.3 is 9.84 Å². The maximum atomic E-state index is 5.22. The van der Waals surface area contributed by atoms with Crippen LogP contribution in [0.3, 0.4) is 0 Å². The van der Waals surface area contributed by atoms with Gasteiger partial charge in [0.2, 0.25) is 5.82 Å². The van der Waals surface area contributed by atoms with Gasteiger partial charge in [0.15, 0.2) is 0 Å². The van der Waals surface area contributed by atoms with E-state index in [1.807, 2.05) is 49.4 Å². The molecule has 1 aromatic heterocycles. The Morgan fingerprint density at radius 2 is 1.90 bits per heavy atom. The fourth-order valence-electron chi connectivity index (χ4n) is 2.16. The summed E-state index contributed by atoms with van der Waals surface area (Å²) in [5.41, 5.74) is 3.43. The van der Waals surface area contributed by atoms with E-state index in [9.17, 15) is 0 Å². The van der Waals surface area contributed by atoms with Crippen molar-refractivity contribution in [3.05, 3.63) is 65.7 Å². The van der Waals surface area contributed by atoms with Gasteiger partial charge in [-0.1, -0.05) is 59.3 Å². The van der Waals surface area contributed by atoms with Crippen LogP contribution < -0.4 is 5.32 Å². The van der Waals surface area contributed by atoms with E-state index in [4.69, 9.17) is 4.52 Å². The average molecular weight is 279 g/mol. The quantitative estimate of drug-likeness (QED) is 0.773. The van der Waals surface area contributed by atoms with E-state index < -0.39 is 0 Å². The van der Waals surface area contributed by atoms with E-state index in [-0.39, 0.29) is 0 Å². The van der Waals surface area contributed by atoms with Crippen molar-refractivity contribution >= 4 is 6.01 Å². The summed E-state index contributed by atoms with van der Waals surface area (Å²) < 4.78 is 5.22. The number of anilines is 1. The Labute approximate surface area is 123 Å². The van der Waals surface area contributed by atoms with Crippen LogP contribution in [0.1, 0.15) is 11.1 Å². The number of benzene rings is 2. The van der Waals surface area contributed by atoms with Crippen molar-refractivity contribution in [2.24, 2.45) is 0 Å². The first-order chi connectivity index (χ1) is 10.3. The molecule has 0 amide bonds. The van der Waals surface area contributed by atoms with Crippen LogP contribution in [0.5, 0.6) is 0 Å². The number of aryl methyl sites for hydroxylation is 1. The van der Waals surface area contributed by atoms with E-state index in [1.54, 1.807) is 0 Å². The lowest BCUT2D eigenvalue weighted by Gasteiger charge is -2.00. The zero-order chi connectivity index (χ0) is 14.5. The Hall–Kier alpha value is -2.62. The van der Waals surface area contributed by atoms with E-state index >= 15 is 0 Å². The van der Waals surface area contributed by atoms with Crippen LogP contribution in [-0.4, -0.2) is 16.7 Å². The molecule has 0 saturated heterocycles. The smallest absolute Gasteiger partial charge is 0.321 e. The summed E-state index contributed by atoms with van der Waals surface area (Å²) in [6, 6.07) is 18.8. The second kappa shape index (κ2) is 6.22. The van der Waals surface area contributed by atoms with Crippen molar-refractivity contribution in [1.82, 2.24) is 10.1 Å². The minimum atomic E-state index is 0.461. The Balaban J connectivity index is 1.60. The Morgan fingerprint density at radius 3 is 2.71 bits per heavy atom. The molecule has 4 heteroatoms. The Morgan fingerprint density at radius 1 is 1.05 bits per heavy atom. The maximum absolute atomic E-state index is 5.22. The third-order valence-corrected chi connectivity index (χ3v) is 3.24. The molecule has 0 bridgehead atoms. The molecule has 0 unspecified atom stereocenters. The summed E-state index contributed by atoms with van der Waals surface area (Å²) in [5.74, 6) is 0.612. The van der Waals surface area contributed by atoms with Gasteiger partial charge in [0.25, 0.3) is 0 Å². The number of rotatable bonds is 5. The lowest BCUT2D eigenvalue weighted by atomic mass is 10.1. The van der Waals surface area contributed by atoms with Crippen molar-refractivity contribution in [3.8, 4) is 11.4 Å². The summed E-state index contributed by atoms with van der Waals surface area (Å²) in [6.07, 6.45) is 0.920. The van der Waals surface area contributed by atoms with Crippen LogP contribution >= 0.6 is 0 Å². The first-order valence-electron chi connectivity index (χ1n) is 7.00. The van der Waals surface area contributed by atoms with Gasteiger partial charge in [0.05, 0.1) is 0 Å². The Bertz CT molecular complexity index is 707. The van der Waals surface area contributed by atoms with Gasteiger partial charge in [0, 0.05) is 12.1 Å². The van der Waals surface area contributed by atoms with Gasteiger partial charge in [0.1, 0.15) is 0 Å². The summed E-state index contributed by atoms with van der Waals surface area (Å²) in [7, 11) is 0. The maximum Gasteiger partial charge on any atom is 0.321 e. The molecule has 1 heterocycles. The summed E-state index contributed by atoms with van der Waals surface area (Å²) in [6.45, 7) is 2.81. The van der Waals surface area contributed by atoms with Crippen LogP contribution in [0.25, 0.3) is 11.4 Å². The molecule has 0 atom stereocenters. The standard InChI is InChI=1S/C17H17N3O/c1-13-6-5-9-15(12-13)16-19-17(21-20-16)18-11-10-14-7-3-2-4-8-14/h2-9,12H,10-11H2,1H3,(H,18,19,20). The zero-order valence-corrected chi connectivity index (χ0v) is 11.9. The van der Waals surface area contributed by atoms with Gasteiger partial charge in [-0.15, -0.1) is 0 Å². The number of nitrogens with zero attached hydrogens (tertiary/aromatic N) is 2. The van der Waals surface area contributed by atoms with Crippen LogP contribution in [0, 0.1) is 6.92 Å². The van der Waals surface area contributed by atoms with E-state index in [0.717, 1.165) is 18.5 Å². The SMILES string of the molecule is Cc1cccc(-c2noc(NCCc3ccccc3)n2)c1. The topological polar surface area (TPSA) is 51.0 Å². The van der Waals surface area contributed by atoms with Crippen molar-refractivity contribution in [2.75, 3.05) is 11.9 Å². The normalized spacial score (nSPS) is 10.5. The monoisotopic (exact) mass is 279 g/mol. The van der Waals surface area contributed by atoms with Gasteiger partial charge in [-0.3, -0.25) is 0 Å². The minimum Gasteiger partial charge on any atom is -0.337 e. The number of aromatic nitrogens is 2. The lowest BCUT2D eigenvalue weighted by Crippen LogP contribution is -2.04. The molecule has 0 saturated carbocycles. The van der Waals surface area contributed by atoms with Crippen LogP contribution in [-0.2, 0) is 6.42 Å². The predicted molar refractivity (Wildman–Crippen MR) is 83.1 cm³/mol.